The number of likely N-dealkylation sites (N-methyl/N-ethyl adjacent to an activating group) is 1. The topological polar surface area (TPSA) is 57.2 Å². The second kappa shape index (κ2) is 11.6. The lowest BCUT2D eigenvalue weighted by Gasteiger charge is -2.29. The van der Waals surface area contributed by atoms with Crippen molar-refractivity contribution >= 4 is 5.97 Å². The number of esters is 1. The summed E-state index contributed by atoms with van der Waals surface area (Å²) in [4.78, 5) is 14.2. The molecule has 1 aromatic rings. The number of ether oxygens (including phenoxy) is 4. The first-order valence-electron chi connectivity index (χ1n) is 10.9. The molecule has 2 aliphatic rings. The lowest BCUT2D eigenvalue weighted by atomic mass is 9.87. The Bertz CT molecular complexity index is 603. The van der Waals surface area contributed by atoms with Crippen LogP contribution in [0.4, 0.5) is 0 Å². The fourth-order valence-corrected chi connectivity index (χ4v) is 4.19. The van der Waals surface area contributed by atoms with Gasteiger partial charge in [0.25, 0.3) is 0 Å². The van der Waals surface area contributed by atoms with Crippen LogP contribution in [0.3, 0.4) is 0 Å². The summed E-state index contributed by atoms with van der Waals surface area (Å²) >= 11 is 0. The van der Waals surface area contributed by atoms with Gasteiger partial charge in [-0.05, 0) is 51.6 Å². The molecule has 1 aliphatic carbocycles. The first kappa shape index (κ1) is 22.2. The standard InChI is InChI=1S/C23H35NO5/c1-3-27-23(25)19-9-11-21(12-10-19)28-16-20-13-22(14-24(20)2)29-17-26-15-18-7-5-4-6-8-18/h4-8,19-22H,3,9-17H2,1-2H3/t19?,20-,21?,22+/m0/s1. The minimum atomic E-state index is -0.0454. The van der Waals surface area contributed by atoms with E-state index in [0.717, 1.165) is 50.8 Å². The molecule has 0 aromatic heterocycles. The van der Waals surface area contributed by atoms with E-state index in [1.807, 2.05) is 25.1 Å². The molecule has 0 bridgehead atoms. The predicted molar refractivity (Wildman–Crippen MR) is 110 cm³/mol. The maximum absolute atomic E-state index is 11.8. The lowest BCUT2D eigenvalue weighted by Crippen LogP contribution is -2.33. The summed E-state index contributed by atoms with van der Waals surface area (Å²) in [5, 5.41) is 0. The summed E-state index contributed by atoms with van der Waals surface area (Å²) in [6, 6.07) is 10.5. The normalized spacial score (nSPS) is 27.8. The molecule has 6 heteroatoms. The maximum Gasteiger partial charge on any atom is 0.308 e. The largest absolute Gasteiger partial charge is 0.466 e. The van der Waals surface area contributed by atoms with Crippen molar-refractivity contribution in [3.05, 3.63) is 35.9 Å². The zero-order valence-electron chi connectivity index (χ0n) is 17.8. The summed E-state index contributed by atoms with van der Waals surface area (Å²) in [5.74, 6) is 0.00794. The Labute approximate surface area is 174 Å². The summed E-state index contributed by atoms with van der Waals surface area (Å²) in [7, 11) is 2.12. The molecule has 0 radical (unpaired) electrons. The molecule has 6 nitrogen and oxygen atoms in total. The highest BCUT2D eigenvalue weighted by molar-refractivity contribution is 5.72. The Morgan fingerprint density at radius 3 is 2.55 bits per heavy atom. The molecule has 2 atom stereocenters. The van der Waals surface area contributed by atoms with Crippen molar-refractivity contribution in [3.63, 3.8) is 0 Å². The molecule has 2 fully saturated rings. The Balaban J connectivity index is 1.29. The maximum atomic E-state index is 11.8. The van der Waals surface area contributed by atoms with E-state index in [2.05, 4.69) is 24.1 Å². The van der Waals surface area contributed by atoms with E-state index in [-0.39, 0.29) is 24.1 Å². The summed E-state index contributed by atoms with van der Waals surface area (Å²) in [6.45, 7) is 4.83. The van der Waals surface area contributed by atoms with Gasteiger partial charge in [-0.25, -0.2) is 0 Å². The van der Waals surface area contributed by atoms with Crippen LogP contribution >= 0.6 is 0 Å². The van der Waals surface area contributed by atoms with E-state index >= 15 is 0 Å². The van der Waals surface area contributed by atoms with Gasteiger partial charge in [0.1, 0.15) is 6.79 Å². The highest BCUT2D eigenvalue weighted by Gasteiger charge is 2.32. The fraction of sp³-hybridized carbons (Fsp3) is 0.696. The van der Waals surface area contributed by atoms with Gasteiger partial charge in [-0.15, -0.1) is 0 Å². The highest BCUT2D eigenvalue weighted by atomic mass is 16.7. The first-order chi connectivity index (χ1) is 14.2. The molecule has 1 saturated carbocycles. The second-order valence-corrected chi connectivity index (χ2v) is 8.13. The van der Waals surface area contributed by atoms with Gasteiger partial charge in [-0.2, -0.15) is 0 Å². The third kappa shape index (κ3) is 7.07. The Morgan fingerprint density at radius 1 is 1.07 bits per heavy atom. The molecule has 1 aromatic carbocycles. The number of likely N-dealkylation sites (tertiary alicyclic amines) is 1. The quantitative estimate of drug-likeness (QED) is 0.338. The molecule has 1 saturated heterocycles. The highest BCUT2D eigenvalue weighted by Crippen LogP contribution is 2.28. The van der Waals surface area contributed by atoms with Crippen molar-refractivity contribution in [1.29, 1.82) is 0 Å². The number of carbonyl (C=O) groups is 1. The Morgan fingerprint density at radius 2 is 1.83 bits per heavy atom. The number of nitrogens with zero attached hydrogens (tertiary/aromatic N) is 1. The van der Waals surface area contributed by atoms with Crippen LogP contribution in [0, 0.1) is 5.92 Å². The van der Waals surface area contributed by atoms with Crippen LogP contribution in [0.5, 0.6) is 0 Å². The van der Waals surface area contributed by atoms with Crippen LogP contribution in [0.1, 0.15) is 44.6 Å². The Hall–Kier alpha value is -1.47. The fourth-order valence-electron chi connectivity index (χ4n) is 4.19. The van der Waals surface area contributed by atoms with Crippen molar-refractivity contribution in [2.75, 3.05) is 33.6 Å². The molecular weight excluding hydrogens is 370 g/mol. The molecular formula is C23H35NO5. The van der Waals surface area contributed by atoms with Gasteiger partial charge < -0.3 is 18.9 Å². The molecule has 1 aliphatic heterocycles. The number of hydrogen-bond acceptors (Lipinski definition) is 6. The van der Waals surface area contributed by atoms with Crippen LogP contribution in [-0.2, 0) is 30.3 Å². The van der Waals surface area contributed by atoms with Crippen molar-refractivity contribution < 1.29 is 23.7 Å². The predicted octanol–water partition coefficient (Wildman–Crippen LogP) is 3.39. The van der Waals surface area contributed by atoms with E-state index < -0.39 is 0 Å². The molecule has 1 heterocycles. The zero-order chi connectivity index (χ0) is 20.5. The van der Waals surface area contributed by atoms with Gasteiger partial charge in [0.15, 0.2) is 0 Å². The molecule has 162 valence electrons. The van der Waals surface area contributed by atoms with Gasteiger partial charge in [0.2, 0.25) is 0 Å². The SMILES string of the molecule is CCOC(=O)C1CCC(OC[C@@H]2C[C@@H](OCOCc3ccccc3)CN2C)CC1. The number of carbonyl (C=O) groups excluding carboxylic acids is 1. The van der Waals surface area contributed by atoms with Crippen LogP contribution < -0.4 is 0 Å². The van der Waals surface area contributed by atoms with Gasteiger partial charge in [-0.1, -0.05) is 30.3 Å². The minimum absolute atomic E-state index is 0.0454. The van der Waals surface area contributed by atoms with Crippen molar-refractivity contribution in [2.45, 2.75) is 63.9 Å². The van der Waals surface area contributed by atoms with E-state index in [1.54, 1.807) is 0 Å². The van der Waals surface area contributed by atoms with Crippen molar-refractivity contribution in [2.24, 2.45) is 5.92 Å². The number of hydrogen-bond donors (Lipinski definition) is 0. The van der Waals surface area contributed by atoms with Crippen LogP contribution in [0.15, 0.2) is 30.3 Å². The van der Waals surface area contributed by atoms with Crippen LogP contribution in [0.25, 0.3) is 0 Å². The van der Waals surface area contributed by atoms with Crippen LogP contribution in [-0.4, -0.2) is 62.7 Å². The van der Waals surface area contributed by atoms with Gasteiger partial charge >= 0.3 is 5.97 Å². The van der Waals surface area contributed by atoms with E-state index in [4.69, 9.17) is 18.9 Å². The van der Waals surface area contributed by atoms with E-state index in [0.29, 0.717) is 26.0 Å². The summed E-state index contributed by atoms with van der Waals surface area (Å²) in [5.41, 5.74) is 1.16. The number of benzene rings is 1. The summed E-state index contributed by atoms with van der Waals surface area (Å²) in [6.07, 6.45) is 5.01. The molecule has 0 N–H and O–H groups in total. The zero-order valence-corrected chi connectivity index (χ0v) is 17.8. The molecule has 3 rings (SSSR count). The van der Waals surface area contributed by atoms with Gasteiger partial charge in [-0.3, -0.25) is 9.69 Å². The summed E-state index contributed by atoms with van der Waals surface area (Å²) < 4.78 is 22.9. The average Bonchev–Trinajstić information content (AvgIpc) is 3.10. The third-order valence-electron chi connectivity index (χ3n) is 5.97. The first-order valence-corrected chi connectivity index (χ1v) is 10.9. The van der Waals surface area contributed by atoms with Crippen molar-refractivity contribution in [3.8, 4) is 0 Å². The lowest BCUT2D eigenvalue weighted by molar-refractivity contribution is -0.150. The van der Waals surface area contributed by atoms with Gasteiger partial charge in [0, 0.05) is 12.6 Å². The molecule has 0 unspecified atom stereocenters. The molecule has 0 spiro atoms. The second-order valence-electron chi connectivity index (χ2n) is 8.13. The Kier molecular flexibility index (Phi) is 8.92. The third-order valence-corrected chi connectivity index (χ3v) is 5.97. The molecule has 0 amide bonds. The average molecular weight is 406 g/mol. The smallest absolute Gasteiger partial charge is 0.308 e. The minimum Gasteiger partial charge on any atom is -0.466 e. The molecule has 29 heavy (non-hydrogen) atoms. The monoisotopic (exact) mass is 405 g/mol. The number of rotatable bonds is 10. The van der Waals surface area contributed by atoms with E-state index in [1.165, 1.54) is 0 Å². The van der Waals surface area contributed by atoms with Gasteiger partial charge in [0.05, 0.1) is 37.9 Å². The van der Waals surface area contributed by atoms with Crippen LogP contribution in [0.2, 0.25) is 0 Å². The van der Waals surface area contributed by atoms with E-state index in [9.17, 15) is 4.79 Å². The van der Waals surface area contributed by atoms with Crippen molar-refractivity contribution in [1.82, 2.24) is 4.90 Å².